The molecule has 0 saturated carbocycles. The van der Waals surface area contributed by atoms with Crippen molar-refractivity contribution in [3.05, 3.63) is 71.9 Å². The van der Waals surface area contributed by atoms with Gasteiger partial charge < -0.3 is 86.0 Å². The van der Waals surface area contributed by atoms with E-state index < -0.39 is 227 Å². The Bertz CT molecular complexity index is 4570. The average Bonchev–Trinajstić information content (AvgIpc) is 1.75. The molecule has 27 N–H and O–H groups in total. The summed E-state index contributed by atoms with van der Waals surface area (Å²) in [6.07, 6.45) is 4.15. The van der Waals surface area contributed by atoms with Gasteiger partial charge in [0.25, 0.3) is 0 Å². The number of aromatic nitrogens is 1. The fraction of sp³-hybridized carbons (Fsp3) is 0.653. The number of aliphatic hydroxyl groups excluding tert-OH is 2. The minimum Gasteiger partial charge on any atom is -0.394 e. The number of guanidine groups is 1. The topological polar surface area (TPSA) is 672 Å². The summed E-state index contributed by atoms with van der Waals surface area (Å²) >= 11 is 0. The van der Waals surface area contributed by atoms with Gasteiger partial charge >= 0.3 is 0 Å². The summed E-state index contributed by atoms with van der Waals surface area (Å²) in [7, 11) is 0. The molecule has 0 aliphatic carbocycles. The molecule has 3 aromatic rings. The molecule has 0 radical (unpaired) electrons. The van der Waals surface area contributed by atoms with Crippen LogP contribution >= 0.6 is 0 Å². The molecule has 2 aliphatic heterocycles. The van der Waals surface area contributed by atoms with Gasteiger partial charge in [0, 0.05) is 49.8 Å². The van der Waals surface area contributed by atoms with E-state index in [1.807, 2.05) is 13.8 Å². The third kappa shape index (κ3) is 38.8. The van der Waals surface area contributed by atoms with Crippen LogP contribution in [0, 0.1) is 23.2 Å². The highest BCUT2D eigenvalue weighted by atomic mass is 16.3. The van der Waals surface area contributed by atoms with Crippen LogP contribution in [0.5, 0.6) is 0 Å². The SMILES string of the molecule is CC(=O)N[C@@H](CCC(N)=O)C(=O)C(=O)[C@H](CO)NN[C@]1(C)CCCCCCCC[C@@]2(CCCCCCCCCCC[C@@](C)(C(C)=O)NN[C@@H](CC(C)C)C(=O)C(=O)[C@H](CC(C)C)NC(=O)C(CCCNC(=N)N)NC(=O)[C@H](Cc3c[nH]c4ccccc34)NC(=O)C(CC(C)C)NC(=O)[C@H](CC(N)=O)NC2=O)NN[C@@H](Cc2ccccc2)C(=O)C(=O)[C@H]([C@@H](C)O)NC(=O)[C@H](CCC(N)=O)NC1=O. The zero-order chi connectivity index (χ0) is 101. The molecule has 15 atom stereocenters. The Morgan fingerprint density at radius 1 is 0.485 bits per heavy atom. The largest absolute Gasteiger partial charge is 0.394 e. The van der Waals surface area contributed by atoms with Crippen LogP contribution in [0.25, 0.3) is 10.9 Å². The lowest BCUT2D eigenvalue weighted by Crippen LogP contribution is -2.67. The zero-order valence-corrected chi connectivity index (χ0v) is 80.8. The van der Waals surface area contributed by atoms with Crippen LogP contribution in [0.1, 0.15) is 273 Å². The normalized spacial score (nSPS) is 25.4. The minimum absolute atomic E-state index is 0.0264. The maximum atomic E-state index is 16.3. The van der Waals surface area contributed by atoms with Gasteiger partial charge in [-0.3, -0.25) is 91.7 Å². The summed E-state index contributed by atoms with van der Waals surface area (Å²) in [5.74, 6) is -19.1. The van der Waals surface area contributed by atoms with Crippen molar-refractivity contribution < 1.29 is 96.5 Å². The van der Waals surface area contributed by atoms with Crippen LogP contribution in [0.4, 0.5) is 0 Å². The number of nitrogens with two attached hydrogens (primary N) is 4. The standard InChI is InChI=1S/C95H151N21O20/c1-55(2)47-68-80(125)81(126)69(48-56(3)4)111-114-93(10,59(8)119)42-28-19-15-13-12-14-16-21-30-44-95(91(136)109-73(52-77(98)123)89(134)106-71(49-57(5)6)87(132)107-72(51-62-53-102-64-36-27-26-35-63(62)64)88(133)104-66(85(130)105-68)37-32-46-101-92(99)100)45-31-22-18-17-20-29-43-94(11,115-113-74(54-117)83(128)79(124)65(103-60(9)120)38-40-75(96)121)90(135)108-67(39-41-76(97)122)86(131)110-78(58(7)118)84(129)82(127)70(112-116-95)50-61-33-24-23-25-34-61/h23-27,33-36,53,55-58,65-74,78,102,111-118H,12-22,28-32,37-52,54H2,1-11H3,(H2,96,121)(H2,97,122)(H2,98,123)(H,103,120)(H,104,133)(H,105,130)(H,106,134)(H,107,132)(H,108,135)(H,109,136)(H,110,131)(H4,99,100,101)/t58-,65+,66?,67+,68+,69+,70+,71?,72+,73+,74+,78+,93+,94-,95-/m1/s1. The second-order valence-corrected chi connectivity index (χ2v) is 38.0. The average molecular weight is 1910 g/mol. The lowest BCUT2D eigenvalue weighted by Gasteiger charge is -2.37. The monoisotopic (exact) mass is 1910 g/mol. The van der Waals surface area contributed by atoms with E-state index in [0.717, 1.165) is 39.5 Å². The number of carbonyl (C=O) groups excluding carboxylic acids is 18. The van der Waals surface area contributed by atoms with Crippen molar-refractivity contribution in [3.63, 3.8) is 0 Å². The molecule has 2 unspecified atom stereocenters. The van der Waals surface area contributed by atoms with E-state index in [1.54, 1.807) is 95.4 Å². The van der Waals surface area contributed by atoms with Gasteiger partial charge in [-0.1, -0.05) is 186 Å². The number of nitrogens with one attached hydrogen (secondary N) is 17. The first kappa shape index (κ1) is 115. The number of hydrogen-bond donors (Lipinski definition) is 23. The number of hydrazine groups is 3. The van der Waals surface area contributed by atoms with Crippen molar-refractivity contribution in [3.8, 4) is 0 Å². The Balaban J connectivity index is 1.71. The maximum absolute atomic E-state index is 16.3. The number of rotatable bonds is 32. The molecule has 2 aromatic carbocycles. The van der Waals surface area contributed by atoms with Crippen molar-refractivity contribution in [1.82, 2.24) is 85.4 Å². The van der Waals surface area contributed by atoms with Gasteiger partial charge in [-0.05, 0) is 140 Å². The number of amides is 11. The number of ketones is 7. The molecule has 2 aliphatic rings. The first-order chi connectivity index (χ1) is 64.2. The van der Waals surface area contributed by atoms with Crippen LogP contribution in [0.3, 0.4) is 0 Å². The molecule has 11 amide bonds. The van der Waals surface area contributed by atoms with E-state index in [1.165, 1.54) is 13.8 Å². The molecule has 41 heteroatoms. The summed E-state index contributed by atoms with van der Waals surface area (Å²) in [4.78, 5) is 262. The van der Waals surface area contributed by atoms with Crippen molar-refractivity contribution in [1.29, 1.82) is 5.41 Å². The van der Waals surface area contributed by atoms with Crippen molar-refractivity contribution >= 4 is 122 Å². The van der Waals surface area contributed by atoms with Crippen LogP contribution in [0.15, 0.2) is 60.8 Å². The summed E-state index contributed by atoms with van der Waals surface area (Å²) < 4.78 is 0. The van der Waals surface area contributed by atoms with E-state index >= 15 is 33.6 Å². The van der Waals surface area contributed by atoms with Gasteiger partial charge in [0.15, 0.2) is 11.7 Å². The number of Topliss-reactive ketones (excluding diaryl/α,β-unsaturated/α-hetero) is 7. The third-order valence-electron chi connectivity index (χ3n) is 24.7. The molecule has 0 bridgehead atoms. The van der Waals surface area contributed by atoms with E-state index in [4.69, 9.17) is 28.3 Å². The molecule has 136 heavy (non-hydrogen) atoms. The number of hydrogen-bond acceptors (Lipinski definition) is 27. The number of benzene rings is 2. The van der Waals surface area contributed by atoms with Gasteiger partial charge in [-0.25, -0.2) is 32.6 Å². The molecule has 3 heterocycles. The fourth-order valence-corrected chi connectivity index (χ4v) is 16.6. The first-order valence-electron chi connectivity index (χ1n) is 47.8. The molecule has 2 fully saturated rings. The first-order valence-corrected chi connectivity index (χ1v) is 47.8. The molecular formula is C95H151N21O20. The Morgan fingerprint density at radius 2 is 0.956 bits per heavy atom. The number of fused-ring (bicyclic) bond motifs is 1. The smallest absolute Gasteiger partial charge is 0.243 e. The fourth-order valence-electron chi connectivity index (χ4n) is 16.6. The summed E-state index contributed by atoms with van der Waals surface area (Å²) in [5, 5.41) is 54.5. The van der Waals surface area contributed by atoms with Gasteiger partial charge in [-0.15, -0.1) is 0 Å². The van der Waals surface area contributed by atoms with Crippen LogP contribution in [-0.2, 0) is 99.1 Å². The van der Waals surface area contributed by atoms with Gasteiger partial charge in [0.2, 0.25) is 99.7 Å². The number of para-hydroxylation sites is 1. The van der Waals surface area contributed by atoms with Gasteiger partial charge in [0.1, 0.15) is 53.4 Å². The molecule has 1 spiro atoms. The lowest BCUT2D eigenvalue weighted by molar-refractivity contribution is -0.143. The maximum Gasteiger partial charge on any atom is 0.243 e. The Hall–Kier alpha value is -11.2. The third-order valence-corrected chi connectivity index (χ3v) is 24.7. The molecular weight excluding hydrogens is 1760 g/mol. The van der Waals surface area contributed by atoms with E-state index in [0.29, 0.717) is 79.8 Å². The molecule has 1 aromatic heterocycles. The quantitative estimate of drug-likeness (QED) is 0.0137. The van der Waals surface area contributed by atoms with Gasteiger partial charge in [0.05, 0.1) is 48.8 Å². The highest BCUT2D eigenvalue weighted by Gasteiger charge is 2.46. The van der Waals surface area contributed by atoms with Crippen molar-refractivity contribution in [2.24, 2.45) is 40.7 Å². The van der Waals surface area contributed by atoms with Gasteiger partial charge in [-0.2, -0.15) is 0 Å². The lowest BCUT2D eigenvalue weighted by atomic mass is 9.85. The van der Waals surface area contributed by atoms with Crippen LogP contribution in [-0.4, -0.2) is 229 Å². The Kier molecular flexibility index (Phi) is 48.9. The van der Waals surface area contributed by atoms with Crippen LogP contribution < -0.4 is 103 Å². The number of carbonyl (C=O) groups is 18. The van der Waals surface area contributed by atoms with Crippen molar-refractivity contribution in [2.75, 3.05) is 13.2 Å². The van der Waals surface area contributed by atoms with E-state index in [-0.39, 0.29) is 120 Å². The predicted octanol–water partition coefficient (Wildman–Crippen LogP) is 1.12. The molecule has 41 nitrogen and oxygen atoms in total. The van der Waals surface area contributed by atoms with Crippen LogP contribution in [0.2, 0.25) is 0 Å². The van der Waals surface area contributed by atoms with E-state index in [2.05, 4.69) is 85.4 Å². The van der Waals surface area contributed by atoms with E-state index in [9.17, 15) is 63.0 Å². The number of H-pyrrole nitrogens is 1. The highest BCUT2D eigenvalue weighted by molar-refractivity contribution is 6.42. The van der Waals surface area contributed by atoms with Crippen molar-refractivity contribution in [2.45, 2.75) is 364 Å². The molecule has 2 saturated heterocycles. The molecule has 756 valence electrons. The Labute approximate surface area is 796 Å². The second-order valence-electron chi connectivity index (χ2n) is 38.0. The highest BCUT2D eigenvalue weighted by Crippen LogP contribution is 2.29. The molecule has 5 rings (SSSR count). The summed E-state index contributed by atoms with van der Waals surface area (Å²) in [6, 6.07) is -2.66. The number of primary amides is 3. The summed E-state index contributed by atoms with van der Waals surface area (Å²) in [6.45, 7) is 16.4. The second kappa shape index (κ2) is 57.7. The number of aliphatic hydroxyl groups is 2. The Morgan fingerprint density at radius 3 is 1.51 bits per heavy atom. The number of aromatic amines is 1. The zero-order valence-electron chi connectivity index (χ0n) is 80.8. The minimum atomic E-state index is -2.11. The summed E-state index contributed by atoms with van der Waals surface area (Å²) in [5.41, 5.74) is 36.8. The predicted molar refractivity (Wildman–Crippen MR) is 508 cm³/mol.